The Balaban J connectivity index is 1.86. The van der Waals surface area contributed by atoms with Crippen LogP contribution in [-0.4, -0.2) is 30.9 Å². The van der Waals surface area contributed by atoms with Gasteiger partial charge in [-0.2, -0.15) is 0 Å². The van der Waals surface area contributed by atoms with E-state index in [1.54, 1.807) is 12.1 Å². The Labute approximate surface area is 140 Å². The van der Waals surface area contributed by atoms with Crippen molar-refractivity contribution in [1.82, 2.24) is 0 Å². The second kappa shape index (κ2) is 6.60. The van der Waals surface area contributed by atoms with E-state index in [2.05, 4.69) is 4.90 Å². The molecule has 24 heavy (non-hydrogen) atoms. The van der Waals surface area contributed by atoms with Gasteiger partial charge in [-0.05, 0) is 24.1 Å². The van der Waals surface area contributed by atoms with Crippen molar-refractivity contribution in [2.75, 3.05) is 16.4 Å². The van der Waals surface area contributed by atoms with Crippen LogP contribution in [0.15, 0.2) is 54.6 Å². The summed E-state index contributed by atoms with van der Waals surface area (Å²) in [5.74, 6) is 0.357. The van der Waals surface area contributed by atoms with Crippen LogP contribution in [0.2, 0.25) is 0 Å². The molecule has 0 unspecified atom stereocenters. The van der Waals surface area contributed by atoms with Crippen LogP contribution < -0.4 is 4.90 Å². The molecule has 7 heteroatoms. The van der Waals surface area contributed by atoms with Gasteiger partial charge in [-0.15, -0.1) is 0 Å². The van der Waals surface area contributed by atoms with Crippen LogP contribution in [0, 0.1) is 10.1 Å². The maximum absolute atomic E-state index is 11.8. The molecule has 126 valence electrons. The summed E-state index contributed by atoms with van der Waals surface area (Å²) in [5.41, 5.74) is 1.92. The molecule has 0 bridgehead atoms. The molecule has 0 amide bonds. The molecule has 0 N–H and O–H groups in total. The normalized spacial score (nSPS) is 19.1. The van der Waals surface area contributed by atoms with Crippen molar-refractivity contribution in [3.05, 3.63) is 70.3 Å². The zero-order chi connectivity index (χ0) is 17.2. The Morgan fingerprint density at radius 3 is 2.29 bits per heavy atom. The number of anilines is 1. The van der Waals surface area contributed by atoms with Crippen LogP contribution in [0.3, 0.4) is 0 Å². The van der Waals surface area contributed by atoms with E-state index < -0.39 is 14.8 Å². The minimum atomic E-state index is -2.99. The van der Waals surface area contributed by atoms with Gasteiger partial charge in [0.05, 0.1) is 16.4 Å². The fourth-order valence-corrected chi connectivity index (χ4v) is 4.72. The van der Waals surface area contributed by atoms with Crippen molar-refractivity contribution in [3.63, 3.8) is 0 Å². The maximum atomic E-state index is 11.8. The van der Waals surface area contributed by atoms with Crippen molar-refractivity contribution >= 4 is 21.2 Å². The highest BCUT2D eigenvalue weighted by Crippen LogP contribution is 2.26. The number of nitro groups is 1. The highest BCUT2D eigenvalue weighted by Gasteiger charge is 2.32. The minimum Gasteiger partial charge on any atom is -0.363 e. The van der Waals surface area contributed by atoms with Crippen LogP contribution in [0.25, 0.3) is 0 Å². The number of nitrogens with zero attached hydrogens (tertiary/aromatic N) is 2. The molecule has 1 heterocycles. The first-order valence-corrected chi connectivity index (χ1v) is 9.52. The third-order valence-electron chi connectivity index (χ3n) is 4.24. The van der Waals surface area contributed by atoms with E-state index >= 15 is 0 Å². The number of nitro benzene ring substituents is 1. The number of non-ortho nitro benzene ring substituents is 1. The molecule has 3 rings (SSSR count). The lowest BCUT2D eigenvalue weighted by Crippen LogP contribution is -2.35. The van der Waals surface area contributed by atoms with Crippen LogP contribution in [0.1, 0.15) is 12.0 Å². The second-order valence-corrected chi connectivity index (χ2v) is 8.17. The summed E-state index contributed by atoms with van der Waals surface area (Å²) in [6, 6.07) is 16.0. The van der Waals surface area contributed by atoms with E-state index in [0.29, 0.717) is 13.0 Å². The molecular weight excluding hydrogens is 328 g/mol. The third kappa shape index (κ3) is 3.73. The maximum Gasteiger partial charge on any atom is 0.269 e. The van der Waals surface area contributed by atoms with Crippen LogP contribution in [-0.2, 0) is 16.4 Å². The summed E-state index contributed by atoms with van der Waals surface area (Å²) in [6.07, 6.45) is 0.601. The largest absolute Gasteiger partial charge is 0.363 e. The Hall–Kier alpha value is -2.41. The van der Waals surface area contributed by atoms with Gasteiger partial charge in [0, 0.05) is 30.4 Å². The molecule has 1 aliphatic rings. The third-order valence-corrected chi connectivity index (χ3v) is 5.99. The summed E-state index contributed by atoms with van der Waals surface area (Å²) in [5, 5.41) is 10.8. The lowest BCUT2D eigenvalue weighted by Gasteiger charge is -2.30. The Kier molecular flexibility index (Phi) is 4.53. The lowest BCUT2D eigenvalue weighted by atomic mass is 10.1. The SMILES string of the molecule is O=[N+]([O-])c1ccc(CN(c2ccccc2)[C@@H]2CCS(=O)(=O)C2)cc1. The minimum absolute atomic E-state index is 0.0495. The molecule has 6 nitrogen and oxygen atoms in total. The van der Waals surface area contributed by atoms with Crippen molar-refractivity contribution in [1.29, 1.82) is 0 Å². The Morgan fingerprint density at radius 1 is 1.08 bits per heavy atom. The zero-order valence-corrected chi connectivity index (χ0v) is 13.9. The lowest BCUT2D eigenvalue weighted by molar-refractivity contribution is -0.384. The summed E-state index contributed by atoms with van der Waals surface area (Å²) < 4.78 is 23.7. The number of rotatable bonds is 5. The highest BCUT2D eigenvalue weighted by atomic mass is 32.2. The molecule has 1 aliphatic heterocycles. The molecule has 0 radical (unpaired) electrons. The average molecular weight is 346 g/mol. The van der Waals surface area contributed by atoms with Crippen LogP contribution in [0.4, 0.5) is 11.4 Å². The summed E-state index contributed by atoms with van der Waals surface area (Å²) in [4.78, 5) is 12.4. The Morgan fingerprint density at radius 2 is 1.75 bits per heavy atom. The smallest absolute Gasteiger partial charge is 0.269 e. The summed E-state index contributed by atoms with van der Waals surface area (Å²) in [6.45, 7) is 0.516. The van der Waals surface area contributed by atoms with Gasteiger partial charge >= 0.3 is 0 Å². The van der Waals surface area contributed by atoms with Crippen molar-refractivity contribution < 1.29 is 13.3 Å². The second-order valence-electron chi connectivity index (χ2n) is 5.94. The fourth-order valence-electron chi connectivity index (χ4n) is 2.99. The summed E-state index contributed by atoms with van der Waals surface area (Å²) >= 11 is 0. The molecule has 0 saturated carbocycles. The van der Waals surface area contributed by atoms with Gasteiger partial charge in [-0.25, -0.2) is 8.42 Å². The molecule has 1 fully saturated rings. The number of hydrogen-bond donors (Lipinski definition) is 0. The van der Waals surface area contributed by atoms with E-state index in [1.807, 2.05) is 30.3 Å². The number of sulfone groups is 1. The number of para-hydroxylation sites is 1. The predicted octanol–water partition coefficient (Wildman–Crippen LogP) is 2.79. The molecule has 0 aromatic heterocycles. The van der Waals surface area contributed by atoms with Gasteiger partial charge in [0.25, 0.3) is 5.69 Å². The summed E-state index contributed by atoms with van der Waals surface area (Å²) in [7, 11) is -2.99. The predicted molar refractivity (Wildman–Crippen MR) is 92.8 cm³/mol. The zero-order valence-electron chi connectivity index (χ0n) is 13.0. The van der Waals surface area contributed by atoms with E-state index in [0.717, 1.165) is 11.3 Å². The van der Waals surface area contributed by atoms with Gasteiger partial charge in [0.15, 0.2) is 9.84 Å². The van der Waals surface area contributed by atoms with Gasteiger partial charge in [-0.3, -0.25) is 10.1 Å². The van der Waals surface area contributed by atoms with E-state index in [4.69, 9.17) is 0 Å². The van der Waals surface area contributed by atoms with Gasteiger partial charge in [0.1, 0.15) is 0 Å². The number of hydrogen-bond acceptors (Lipinski definition) is 5. The molecule has 2 aromatic rings. The monoisotopic (exact) mass is 346 g/mol. The van der Waals surface area contributed by atoms with E-state index in [1.165, 1.54) is 12.1 Å². The van der Waals surface area contributed by atoms with Crippen molar-refractivity contribution in [2.45, 2.75) is 19.0 Å². The van der Waals surface area contributed by atoms with Crippen molar-refractivity contribution in [3.8, 4) is 0 Å². The molecule has 1 atom stereocenters. The molecular formula is C17H18N2O4S. The highest BCUT2D eigenvalue weighted by molar-refractivity contribution is 7.91. The van der Waals surface area contributed by atoms with Crippen LogP contribution in [0.5, 0.6) is 0 Å². The van der Waals surface area contributed by atoms with Gasteiger partial charge in [-0.1, -0.05) is 30.3 Å². The topological polar surface area (TPSA) is 80.5 Å². The quantitative estimate of drug-likeness (QED) is 0.614. The van der Waals surface area contributed by atoms with Crippen LogP contribution >= 0.6 is 0 Å². The van der Waals surface area contributed by atoms with E-state index in [-0.39, 0.29) is 23.2 Å². The first kappa shape index (κ1) is 16.4. The first-order valence-electron chi connectivity index (χ1n) is 7.70. The van der Waals surface area contributed by atoms with Gasteiger partial charge < -0.3 is 4.90 Å². The molecule has 2 aromatic carbocycles. The Bertz CT molecular complexity index is 819. The number of benzene rings is 2. The standard InChI is InChI=1S/C17H18N2O4S/c20-19(21)16-8-6-14(7-9-16)12-18(15-4-2-1-3-5-15)17-10-11-24(22,23)13-17/h1-9,17H,10-13H2/t17-/m1/s1. The average Bonchev–Trinajstić information content (AvgIpc) is 2.93. The fraction of sp³-hybridized carbons (Fsp3) is 0.294. The first-order chi connectivity index (χ1) is 11.4. The van der Waals surface area contributed by atoms with Gasteiger partial charge in [0.2, 0.25) is 0 Å². The molecule has 1 saturated heterocycles. The molecule has 0 aliphatic carbocycles. The van der Waals surface area contributed by atoms with Crippen molar-refractivity contribution in [2.24, 2.45) is 0 Å². The molecule has 0 spiro atoms. The van der Waals surface area contributed by atoms with E-state index in [9.17, 15) is 18.5 Å².